The summed E-state index contributed by atoms with van der Waals surface area (Å²) < 4.78 is 5.19. The van der Waals surface area contributed by atoms with Gasteiger partial charge in [0.15, 0.2) is 0 Å². The minimum atomic E-state index is 0.808. The van der Waals surface area contributed by atoms with E-state index < -0.39 is 0 Å². The Morgan fingerprint density at radius 2 is 1.82 bits per heavy atom. The molecule has 0 bridgehead atoms. The number of ether oxygens (including phenoxy) is 1. The topological polar surface area (TPSA) is 12.5 Å². The van der Waals surface area contributed by atoms with Crippen LogP contribution in [0.25, 0.3) is 0 Å². The van der Waals surface area contributed by atoms with Crippen LogP contribution in [0.1, 0.15) is 38.2 Å². The van der Waals surface area contributed by atoms with E-state index in [1.54, 1.807) is 7.11 Å². The van der Waals surface area contributed by atoms with Crippen molar-refractivity contribution in [1.82, 2.24) is 4.90 Å². The second-order valence-corrected chi connectivity index (χ2v) is 4.85. The summed E-state index contributed by atoms with van der Waals surface area (Å²) in [6.07, 6.45) is 5.57. The summed E-state index contributed by atoms with van der Waals surface area (Å²) >= 11 is 0. The van der Waals surface area contributed by atoms with Crippen LogP contribution in [0.2, 0.25) is 0 Å². The van der Waals surface area contributed by atoms with Crippen molar-refractivity contribution in [3.63, 3.8) is 0 Å². The molecule has 17 heavy (non-hydrogen) atoms. The third-order valence-corrected chi connectivity index (χ3v) is 3.79. The van der Waals surface area contributed by atoms with E-state index in [-0.39, 0.29) is 0 Å². The molecule has 1 aliphatic rings. The second-order valence-electron chi connectivity index (χ2n) is 4.85. The Labute approximate surface area is 105 Å². The standard InChI is InChI=1S/C15H23NO/c1-3-16(14-6-4-5-7-14)12-13-8-10-15(17-2)11-9-13/h8-11,14H,3-7,12H2,1-2H3. The van der Waals surface area contributed by atoms with E-state index in [0.717, 1.165) is 24.9 Å². The van der Waals surface area contributed by atoms with E-state index in [0.29, 0.717) is 0 Å². The molecule has 0 aromatic heterocycles. The SMILES string of the molecule is CCN(Cc1ccc(OC)cc1)C1CCCC1. The van der Waals surface area contributed by atoms with Gasteiger partial charge in [-0.25, -0.2) is 0 Å². The zero-order valence-corrected chi connectivity index (χ0v) is 11.0. The predicted octanol–water partition coefficient (Wildman–Crippen LogP) is 3.46. The molecule has 0 unspecified atom stereocenters. The molecule has 0 spiro atoms. The van der Waals surface area contributed by atoms with Crippen LogP contribution >= 0.6 is 0 Å². The van der Waals surface area contributed by atoms with Gasteiger partial charge in [-0.05, 0) is 37.1 Å². The molecule has 2 heteroatoms. The molecule has 0 N–H and O–H groups in total. The molecule has 0 heterocycles. The van der Waals surface area contributed by atoms with Crippen molar-refractivity contribution in [3.8, 4) is 5.75 Å². The molecule has 1 aromatic rings. The molecule has 0 atom stereocenters. The van der Waals surface area contributed by atoms with Crippen molar-refractivity contribution in [2.75, 3.05) is 13.7 Å². The molecule has 0 radical (unpaired) electrons. The van der Waals surface area contributed by atoms with Gasteiger partial charge in [0.2, 0.25) is 0 Å². The minimum absolute atomic E-state index is 0.808. The van der Waals surface area contributed by atoms with Crippen molar-refractivity contribution in [3.05, 3.63) is 29.8 Å². The summed E-state index contributed by atoms with van der Waals surface area (Å²) in [5.74, 6) is 0.942. The Hall–Kier alpha value is -1.02. The lowest BCUT2D eigenvalue weighted by Gasteiger charge is -2.27. The van der Waals surface area contributed by atoms with Gasteiger partial charge in [-0.2, -0.15) is 0 Å². The summed E-state index contributed by atoms with van der Waals surface area (Å²) in [7, 11) is 1.71. The third kappa shape index (κ3) is 3.22. The first-order chi connectivity index (χ1) is 8.33. The highest BCUT2D eigenvalue weighted by Crippen LogP contribution is 2.25. The maximum atomic E-state index is 5.19. The quantitative estimate of drug-likeness (QED) is 0.772. The number of hydrogen-bond acceptors (Lipinski definition) is 2. The van der Waals surface area contributed by atoms with Gasteiger partial charge >= 0.3 is 0 Å². The molecule has 1 saturated carbocycles. The first-order valence-electron chi connectivity index (χ1n) is 6.70. The van der Waals surface area contributed by atoms with Gasteiger partial charge in [0.1, 0.15) is 5.75 Å². The van der Waals surface area contributed by atoms with Crippen LogP contribution in [0.15, 0.2) is 24.3 Å². The number of hydrogen-bond donors (Lipinski definition) is 0. The Morgan fingerprint density at radius 1 is 1.18 bits per heavy atom. The normalized spacial score (nSPS) is 16.6. The van der Waals surface area contributed by atoms with Gasteiger partial charge in [-0.15, -0.1) is 0 Å². The van der Waals surface area contributed by atoms with E-state index >= 15 is 0 Å². The lowest BCUT2D eigenvalue weighted by molar-refractivity contribution is 0.200. The smallest absolute Gasteiger partial charge is 0.118 e. The Balaban J connectivity index is 1.96. The lowest BCUT2D eigenvalue weighted by atomic mass is 10.1. The maximum Gasteiger partial charge on any atom is 0.118 e. The number of methoxy groups -OCH3 is 1. The minimum Gasteiger partial charge on any atom is -0.497 e. The van der Waals surface area contributed by atoms with Gasteiger partial charge in [-0.1, -0.05) is 31.9 Å². The predicted molar refractivity (Wildman–Crippen MR) is 71.3 cm³/mol. The highest BCUT2D eigenvalue weighted by atomic mass is 16.5. The first kappa shape index (κ1) is 12.4. The van der Waals surface area contributed by atoms with Crippen molar-refractivity contribution in [2.45, 2.75) is 45.2 Å². The molecule has 2 rings (SSSR count). The van der Waals surface area contributed by atoms with E-state index in [4.69, 9.17) is 4.74 Å². The summed E-state index contributed by atoms with van der Waals surface area (Å²) in [5.41, 5.74) is 1.39. The van der Waals surface area contributed by atoms with Crippen LogP contribution < -0.4 is 4.74 Å². The monoisotopic (exact) mass is 233 g/mol. The second kappa shape index (κ2) is 6.06. The molecule has 1 aromatic carbocycles. The lowest BCUT2D eigenvalue weighted by Crippen LogP contribution is -2.32. The van der Waals surface area contributed by atoms with Crippen molar-refractivity contribution in [1.29, 1.82) is 0 Å². The molecule has 0 saturated heterocycles. The molecular weight excluding hydrogens is 210 g/mol. The van der Waals surface area contributed by atoms with Crippen molar-refractivity contribution < 1.29 is 4.74 Å². The van der Waals surface area contributed by atoms with E-state index in [1.807, 2.05) is 0 Å². The van der Waals surface area contributed by atoms with E-state index in [2.05, 4.69) is 36.1 Å². The molecule has 0 aliphatic heterocycles. The first-order valence-corrected chi connectivity index (χ1v) is 6.70. The van der Waals surface area contributed by atoms with Crippen LogP contribution in [0.4, 0.5) is 0 Å². The van der Waals surface area contributed by atoms with Crippen LogP contribution in [-0.4, -0.2) is 24.6 Å². The van der Waals surface area contributed by atoms with Gasteiger partial charge < -0.3 is 4.74 Å². The van der Waals surface area contributed by atoms with Gasteiger partial charge in [-0.3, -0.25) is 4.90 Å². The molecule has 2 nitrogen and oxygen atoms in total. The molecular formula is C15H23NO. The summed E-state index contributed by atoms with van der Waals surface area (Å²) in [6.45, 7) is 4.49. The summed E-state index contributed by atoms with van der Waals surface area (Å²) in [4.78, 5) is 2.61. The average Bonchev–Trinajstić information content (AvgIpc) is 2.90. The number of rotatable bonds is 5. The maximum absolute atomic E-state index is 5.19. The molecule has 94 valence electrons. The van der Waals surface area contributed by atoms with Crippen LogP contribution in [-0.2, 0) is 6.54 Å². The van der Waals surface area contributed by atoms with E-state index in [9.17, 15) is 0 Å². The number of nitrogens with zero attached hydrogens (tertiary/aromatic N) is 1. The number of benzene rings is 1. The van der Waals surface area contributed by atoms with Gasteiger partial charge in [0.05, 0.1) is 7.11 Å². The fourth-order valence-electron chi connectivity index (χ4n) is 2.73. The van der Waals surface area contributed by atoms with E-state index in [1.165, 1.54) is 31.2 Å². The van der Waals surface area contributed by atoms with Crippen molar-refractivity contribution in [2.24, 2.45) is 0 Å². The van der Waals surface area contributed by atoms with Crippen LogP contribution in [0.5, 0.6) is 5.75 Å². The average molecular weight is 233 g/mol. The fraction of sp³-hybridized carbons (Fsp3) is 0.600. The Kier molecular flexibility index (Phi) is 4.43. The summed E-state index contributed by atoms with van der Waals surface area (Å²) in [5, 5.41) is 0. The largest absolute Gasteiger partial charge is 0.497 e. The van der Waals surface area contributed by atoms with Gasteiger partial charge in [0, 0.05) is 12.6 Å². The highest BCUT2D eigenvalue weighted by Gasteiger charge is 2.21. The molecule has 0 amide bonds. The van der Waals surface area contributed by atoms with Crippen LogP contribution in [0, 0.1) is 0 Å². The third-order valence-electron chi connectivity index (χ3n) is 3.79. The fourth-order valence-corrected chi connectivity index (χ4v) is 2.73. The van der Waals surface area contributed by atoms with Crippen LogP contribution in [0.3, 0.4) is 0 Å². The zero-order valence-electron chi connectivity index (χ0n) is 11.0. The molecule has 1 aliphatic carbocycles. The summed E-state index contributed by atoms with van der Waals surface area (Å²) in [6, 6.07) is 9.27. The Bertz CT molecular complexity index is 327. The van der Waals surface area contributed by atoms with Gasteiger partial charge in [0.25, 0.3) is 0 Å². The molecule has 1 fully saturated rings. The zero-order chi connectivity index (χ0) is 12.1. The highest BCUT2D eigenvalue weighted by molar-refractivity contribution is 5.27. The van der Waals surface area contributed by atoms with Crippen molar-refractivity contribution >= 4 is 0 Å². The Morgan fingerprint density at radius 3 is 2.35 bits per heavy atom.